The van der Waals surface area contributed by atoms with Gasteiger partial charge in [-0.25, -0.2) is 9.59 Å². The summed E-state index contributed by atoms with van der Waals surface area (Å²) in [6.45, 7) is 1.69. The van der Waals surface area contributed by atoms with Crippen LogP contribution in [0.3, 0.4) is 0 Å². The van der Waals surface area contributed by atoms with Gasteiger partial charge in [0.15, 0.2) is 5.75 Å². The standard InChI is InChI=1S/C21H16N2O7/c1-2-28-20(24)17-15(11-6-5-7-12(10-11)23(26)27)16-18(30-19(17)22)13-8-3-4-9-14(13)29-21(16)25/h3-10,15H,2,22H2,1H3. The van der Waals surface area contributed by atoms with Gasteiger partial charge >= 0.3 is 11.6 Å². The Bertz CT molecular complexity index is 1280. The maximum Gasteiger partial charge on any atom is 0.344 e. The first-order chi connectivity index (χ1) is 14.4. The monoisotopic (exact) mass is 408 g/mol. The number of hydrogen-bond donors (Lipinski definition) is 1. The molecule has 0 bridgehead atoms. The van der Waals surface area contributed by atoms with E-state index >= 15 is 0 Å². The number of rotatable bonds is 4. The van der Waals surface area contributed by atoms with Gasteiger partial charge in [-0.3, -0.25) is 10.1 Å². The van der Waals surface area contributed by atoms with Crippen LogP contribution in [0.15, 0.2) is 69.2 Å². The smallest absolute Gasteiger partial charge is 0.344 e. The zero-order valence-electron chi connectivity index (χ0n) is 15.8. The fourth-order valence-corrected chi connectivity index (χ4v) is 3.52. The number of nitrogens with zero attached hydrogens (tertiary/aromatic N) is 1. The summed E-state index contributed by atoms with van der Waals surface area (Å²) in [7, 11) is 0. The highest BCUT2D eigenvalue weighted by Crippen LogP contribution is 2.44. The first kappa shape index (κ1) is 19.2. The van der Waals surface area contributed by atoms with Crippen LogP contribution in [0.2, 0.25) is 0 Å². The van der Waals surface area contributed by atoms with Crippen molar-refractivity contribution in [2.75, 3.05) is 6.61 Å². The molecule has 1 atom stereocenters. The van der Waals surface area contributed by atoms with Gasteiger partial charge in [0, 0.05) is 12.1 Å². The summed E-state index contributed by atoms with van der Waals surface area (Å²) in [5.74, 6) is -1.95. The second-order valence-corrected chi connectivity index (χ2v) is 6.51. The minimum Gasteiger partial charge on any atom is -0.462 e. The summed E-state index contributed by atoms with van der Waals surface area (Å²) in [4.78, 5) is 36.3. The van der Waals surface area contributed by atoms with Gasteiger partial charge in [0.1, 0.15) is 11.2 Å². The van der Waals surface area contributed by atoms with Gasteiger partial charge in [-0.05, 0) is 24.6 Å². The Morgan fingerprint density at radius 1 is 1.23 bits per heavy atom. The summed E-state index contributed by atoms with van der Waals surface area (Å²) in [5, 5.41) is 11.8. The molecule has 3 aromatic rings. The van der Waals surface area contributed by atoms with E-state index in [0.29, 0.717) is 10.9 Å². The minimum atomic E-state index is -1.06. The van der Waals surface area contributed by atoms with Crippen molar-refractivity contribution in [1.82, 2.24) is 0 Å². The van der Waals surface area contributed by atoms with Gasteiger partial charge in [0.2, 0.25) is 5.88 Å². The van der Waals surface area contributed by atoms with E-state index in [1.807, 2.05) is 0 Å². The predicted octanol–water partition coefficient (Wildman–Crippen LogP) is 2.96. The Labute approximate surface area is 169 Å². The average molecular weight is 408 g/mol. The summed E-state index contributed by atoms with van der Waals surface area (Å²) in [6, 6.07) is 12.3. The second-order valence-electron chi connectivity index (χ2n) is 6.51. The SMILES string of the molecule is CCOC(=O)C1=C(N)Oc2c(c(=O)oc3ccccc23)C1c1cccc([N+](=O)[O-])c1. The molecule has 0 fully saturated rings. The van der Waals surface area contributed by atoms with E-state index in [1.54, 1.807) is 37.3 Å². The number of non-ortho nitro benzene ring substituents is 1. The van der Waals surface area contributed by atoms with E-state index in [2.05, 4.69) is 0 Å². The summed E-state index contributed by atoms with van der Waals surface area (Å²) in [6.07, 6.45) is 0. The summed E-state index contributed by atoms with van der Waals surface area (Å²) < 4.78 is 16.2. The highest BCUT2D eigenvalue weighted by molar-refractivity contribution is 5.94. The number of nitrogens with two attached hydrogens (primary N) is 1. The van der Waals surface area contributed by atoms with Crippen molar-refractivity contribution >= 4 is 22.6 Å². The molecule has 2 aromatic carbocycles. The van der Waals surface area contributed by atoms with Gasteiger partial charge in [0.25, 0.3) is 5.69 Å². The van der Waals surface area contributed by atoms with E-state index < -0.39 is 22.4 Å². The molecule has 1 aliphatic rings. The largest absolute Gasteiger partial charge is 0.462 e. The zero-order chi connectivity index (χ0) is 21.4. The molecule has 2 heterocycles. The number of carbonyl (C=O) groups is 1. The van der Waals surface area contributed by atoms with E-state index in [-0.39, 0.29) is 40.6 Å². The van der Waals surface area contributed by atoms with Crippen LogP contribution in [0.25, 0.3) is 11.0 Å². The van der Waals surface area contributed by atoms with Crippen molar-refractivity contribution in [3.8, 4) is 5.75 Å². The Balaban J connectivity index is 2.05. The fraction of sp³-hybridized carbons (Fsp3) is 0.143. The normalized spacial score (nSPS) is 15.4. The third-order valence-corrected chi connectivity index (χ3v) is 4.76. The molecule has 0 saturated heterocycles. The lowest BCUT2D eigenvalue weighted by atomic mass is 9.83. The molecule has 30 heavy (non-hydrogen) atoms. The molecule has 152 valence electrons. The van der Waals surface area contributed by atoms with Crippen molar-refractivity contribution in [2.45, 2.75) is 12.8 Å². The number of fused-ring (bicyclic) bond motifs is 3. The first-order valence-corrected chi connectivity index (χ1v) is 9.07. The Morgan fingerprint density at radius 3 is 2.73 bits per heavy atom. The van der Waals surface area contributed by atoms with Gasteiger partial charge in [-0.15, -0.1) is 0 Å². The number of esters is 1. The first-order valence-electron chi connectivity index (χ1n) is 9.07. The van der Waals surface area contributed by atoms with Gasteiger partial charge in [0.05, 0.1) is 28.4 Å². The third kappa shape index (κ3) is 3.06. The number of carbonyl (C=O) groups excluding carboxylic acids is 1. The van der Waals surface area contributed by atoms with Crippen LogP contribution in [0.1, 0.15) is 24.0 Å². The maximum atomic E-state index is 12.9. The molecule has 1 aromatic heterocycles. The van der Waals surface area contributed by atoms with Crippen molar-refractivity contribution in [3.05, 3.63) is 91.6 Å². The second kappa shape index (κ2) is 7.36. The van der Waals surface area contributed by atoms with Crippen molar-refractivity contribution in [2.24, 2.45) is 5.73 Å². The summed E-state index contributed by atoms with van der Waals surface area (Å²) in [5.41, 5.74) is 5.63. The number of nitro benzene ring substituents is 1. The molecule has 0 aliphatic carbocycles. The molecule has 9 nitrogen and oxygen atoms in total. The molecule has 2 N–H and O–H groups in total. The Kier molecular flexibility index (Phi) is 4.71. The number of benzene rings is 2. The van der Waals surface area contributed by atoms with Crippen LogP contribution in [-0.4, -0.2) is 17.5 Å². The molecule has 0 spiro atoms. The molecule has 0 amide bonds. The van der Waals surface area contributed by atoms with Gasteiger partial charge < -0.3 is 19.6 Å². The highest BCUT2D eigenvalue weighted by Gasteiger charge is 2.39. The van der Waals surface area contributed by atoms with E-state index in [1.165, 1.54) is 18.2 Å². The van der Waals surface area contributed by atoms with Crippen LogP contribution in [-0.2, 0) is 9.53 Å². The third-order valence-electron chi connectivity index (χ3n) is 4.76. The minimum absolute atomic E-state index is 0.0199. The molecule has 1 unspecified atom stereocenters. The topological polar surface area (TPSA) is 135 Å². The van der Waals surface area contributed by atoms with Crippen LogP contribution in [0.4, 0.5) is 5.69 Å². The lowest BCUT2D eigenvalue weighted by molar-refractivity contribution is -0.384. The molecule has 0 radical (unpaired) electrons. The van der Waals surface area contributed by atoms with Crippen molar-refractivity contribution < 1.29 is 23.6 Å². The van der Waals surface area contributed by atoms with E-state index in [0.717, 1.165) is 0 Å². The van der Waals surface area contributed by atoms with E-state index in [9.17, 15) is 19.7 Å². The maximum absolute atomic E-state index is 12.9. The molecular formula is C21H16N2O7. The lowest BCUT2D eigenvalue weighted by Crippen LogP contribution is -2.31. The number of hydrogen-bond acceptors (Lipinski definition) is 8. The predicted molar refractivity (Wildman–Crippen MR) is 106 cm³/mol. The van der Waals surface area contributed by atoms with Gasteiger partial charge in [-0.2, -0.15) is 0 Å². The number of nitro groups is 1. The van der Waals surface area contributed by atoms with E-state index in [4.69, 9.17) is 19.6 Å². The molecule has 4 rings (SSSR count). The average Bonchev–Trinajstić information content (AvgIpc) is 2.73. The van der Waals surface area contributed by atoms with Crippen molar-refractivity contribution in [1.29, 1.82) is 0 Å². The van der Waals surface area contributed by atoms with Crippen molar-refractivity contribution in [3.63, 3.8) is 0 Å². The fourth-order valence-electron chi connectivity index (χ4n) is 3.52. The van der Waals surface area contributed by atoms with Crippen LogP contribution < -0.4 is 16.1 Å². The van der Waals surface area contributed by atoms with Gasteiger partial charge in [-0.1, -0.05) is 24.3 Å². The molecule has 9 heteroatoms. The molecule has 1 aliphatic heterocycles. The Hall–Kier alpha value is -4.14. The Morgan fingerprint density at radius 2 is 2.00 bits per heavy atom. The number of para-hydroxylation sites is 1. The number of ether oxygens (including phenoxy) is 2. The quantitative estimate of drug-likeness (QED) is 0.301. The van der Waals surface area contributed by atoms with Crippen LogP contribution >= 0.6 is 0 Å². The highest BCUT2D eigenvalue weighted by atomic mass is 16.6. The molecule has 0 saturated carbocycles. The molecular weight excluding hydrogens is 392 g/mol. The zero-order valence-corrected chi connectivity index (χ0v) is 15.8. The van der Waals surface area contributed by atoms with Crippen LogP contribution in [0.5, 0.6) is 5.75 Å². The lowest BCUT2D eigenvalue weighted by Gasteiger charge is -2.27. The van der Waals surface area contributed by atoms with Crippen LogP contribution in [0, 0.1) is 10.1 Å². The summed E-state index contributed by atoms with van der Waals surface area (Å²) >= 11 is 0.